The lowest BCUT2D eigenvalue weighted by Gasteiger charge is -2.11. The summed E-state index contributed by atoms with van der Waals surface area (Å²) in [6.45, 7) is 2.51. The van der Waals surface area contributed by atoms with Gasteiger partial charge in [-0.05, 0) is 55.1 Å². The van der Waals surface area contributed by atoms with Crippen LogP contribution in [0.4, 0.5) is 0 Å². The first-order valence-corrected chi connectivity index (χ1v) is 11.7. The number of thioether (sulfide) groups is 1. The highest BCUT2D eigenvalue weighted by molar-refractivity contribution is 9.10. The van der Waals surface area contributed by atoms with Crippen molar-refractivity contribution in [2.45, 2.75) is 18.6 Å². The molecule has 176 valence electrons. The third-order valence-electron chi connectivity index (χ3n) is 4.62. The molecule has 0 spiro atoms. The van der Waals surface area contributed by atoms with Crippen LogP contribution in [0.2, 0.25) is 0 Å². The minimum Gasteiger partial charge on any atom is -0.497 e. The zero-order valence-electron chi connectivity index (χ0n) is 18.7. The SMILES string of the molecule is C#CCOc1ccc(Br)cc1/C=C(\Sc1nnc(-c2cc(OC)cc(OC)c2)n1CC)C(=O)O. The molecule has 0 unspecified atom stereocenters. The van der Waals surface area contributed by atoms with Gasteiger partial charge in [-0.2, -0.15) is 0 Å². The molecule has 3 aromatic rings. The number of hydrogen-bond acceptors (Lipinski definition) is 7. The highest BCUT2D eigenvalue weighted by Crippen LogP contribution is 2.35. The highest BCUT2D eigenvalue weighted by atomic mass is 79.9. The van der Waals surface area contributed by atoms with E-state index < -0.39 is 5.97 Å². The molecule has 0 saturated heterocycles. The zero-order valence-corrected chi connectivity index (χ0v) is 21.1. The van der Waals surface area contributed by atoms with Crippen LogP contribution in [-0.4, -0.2) is 46.7 Å². The summed E-state index contributed by atoms with van der Waals surface area (Å²) in [5.74, 6) is 3.55. The van der Waals surface area contributed by atoms with Crippen LogP contribution in [-0.2, 0) is 11.3 Å². The number of carboxylic acid groups (broad SMARTS) is 1. The number of carboxylic acids is 1. The molecule has 0 aliphatic carbocycles. The maximum atomic E-state index is 12.1. The number of carbonyl (C=O) groups is 1. The van der Waals surface area contributed by atoms with Gasteiger partial charge in [-0.15, -0.1) is 16.6 Å². The standard InChI is InChI=1S/C24H22BrN3O5S/c1-5-9-33-20-8-7-17(25)10-15(20)13-21(23(29)30)34-24-27-26-22(28(24)6-2)16-11-18(31-3)14-19(12-16)32-4/h1,7-8,10-14H,6,9H2,2-4H3,(H,29,30)/b21-13-. The molecule has 0 aliphatic heterocycles. The summed E-state index contributed by atoms with van der Waals surface area (Å²) in [4.78, 5) is 12.1. The van der Waals surface area contributed by atoms with Gasteiger partial charge in [-0.1, -0.05) is 21.9 Å². The topological polar surface area (TPSA) is 95.7 Å². The van der Waals surface area contributed by atoms with Crippen molar-refractivity contribution in [2.75, 3.05) is 20.8 Å². The Morgan fingerprint density at radius 1 is 1.21 bits per heavy atom. The average molecular weight is 544 g/mol. The second-order valence-corrected chi connectivity index (χ2v) is 8.67. The summed E-state index contributed by atoms with van der Waals surface area (Å²) < 4.78 is 18.9. The molecule has 0 saturated carbocycles. The van der Waals surface area contributed by atoms with Crippen molar-refractivity contribution in [1.29, 1.82) is 0 Å². The van der Waals surface area contributed by atoms with Gasteiger partial charge in [-0.25, -0.2) is 4.79 Å². The number of ether oxygens (including phenoxy) is 3. The lowest BCUT2D eigenvalue weighted by atomic mass is 10.2. The molecule has 1 aromatic heterocycles. The number of halogens is 1. The molecule has 8 nitrogen and oxygen atoms in total. The molecule has 0 bridgehead atoms. The van der Waals surface area contributed by atoms with Crippen molar-refractivity contribution in [3.8, 4) is 41.0 Å². The third kappa shape index (κ3) is 5.92. The van der Waals surface area contributed by atoms with Gasteiger partial charge in [0, 0.05) is 28.2 Å². The summed E-state index contributed by atoms with van der Waals surface area (Å²) in [5.41, 5.74) is 1.30. The van der Waals surface area contributed by atoms with Crippen LogP contribution >= 0.6 is 27.7 Å². The maximum Gasteiger partial charge on any atom is 0.342 e. The second kappa shape index (κ2) is 11.6. The highest BCUT2D eigenvalue weighted by Gasteiger charge is 2.20. The number of benzene rings is 2. The fourth-order valence-corrected chi connectivity index (χ4v) is 4.31. The molecule has 0 atom stereocenters. The molecule has 2 aromatic carbocycles. The first-order chi connectivity index (χ1) is 16.4. The second-order valence-electron chi connectivity index (χ2n) is 6.74. The number of aliphatic carboxylic acids is 1. The lowest BCUT2D eigenvalue weighted by Crippen LogP contribution is -2.03. The molecule has 3 rings (SSSR count). The number of methoxy groups -OCH3 is 2. The van der Waals surface area contributed by atoms with Crippen molar-refractivity contribution >= 4 is 39.7 Å². The van der Waals surface area contributed by atoms with Gasteiger partial charge < -0.3 is 23.9 Å². The van der Waals surface area contributed by atoms with Crippen LogP contribution in [0.25, 0.3) is 17.5 Å². The fraction of sp³-hybridized carbons (Fsp3) is 0.208. The lowest BCUT2D eigenvalue weighted by molar-refractivity contribution is -0.131. The fourth-order valence-electron chi connectivity index (χ4n) is 3.06. The van der Waals surface area contributed by atoms with Crippen molar-refractivity contribution in [1.82, 2.24) is 14.8 Å². The molecule has 0 fully saturated rings. The quantitative estimate of drug-likeness (QED) is 0.217. The Morgan fingerprint density at radius 3 is 2.50 bits per heavy atom. The van der Waals surface area contributed by atoms with Crippen LogP contribution in [0, 0.1) is 12.3 Å². The summed E-state index contributed by atoms with van der Waals surface area (Å²) >= 11 is 4.40. The van der Waals surface area contributed by atoms with Crippen LogP contribution in [0.5, 0.6) is 17.2 Å². The van der Waals surface area contributed by atoms with E-state index in [0.29, 0.717) is 40.3 Å². The van der Waals surface area contributed by atoms with Crippen LogP contribution in [0.1, 0.15) is 12.5 Å². The van der Waals surface area contributed by atoms with Crippen molar-refractivity contribution in [3.63, 3.8) is 0 Å². The van der Waals surface area contributed by atoms with Crippen LogP contribution in [0.15, 0.2) is 50.9 Å². The minimum absolute atomic E-state index is 0.0422. The molecule has 34 heavy (non-hydrogen) atoms. The first kappa shape index (κ1) is 25.2. The van der Waals surface area contributed by atoms with E-state index in [-0.39, 0.29) is 11.5 Å². The molecule has 0 radical (unpaired) electrons. The number of nitrogens with zero attached hydrogens (tertiary/aromatic N) is 3. The van der Waals surface area contributed by atoms with Gasteiger partial charge in [0.05, 0.1) is 14.2 Å². The van der Waals surface area contributed by atoms with E-state index in [4.69, 9.17) is 20.6 Å². The predicted octanol–water partition coefficient (Wildman–Crippen LogP) is 4.97. The van der Waals surface area contributed by atoms with Crippen molar-refractivity contribution in [2.24, 2.45) is 0 Å². The van der Waals surface area contributed by atoms with E-state index in [1.807, 2.05) is 23.6 Å². The molecule has 0 aliphatic rings. The monoisotopic (exact) mass is 543 g/mol. The Morgan fingerprint density at radius 2 is 1.91 bits per heavy atom. The first-order valence-electron chi connectivity index (χ1n) is 10.0. The number of aromatic nitrogens is 3. The average Bonchev–Trinajstić information content (AvgIpc) is 3.25. The Bertz CT molecular complexity index is 1240. The Hall–Kier alpha value is -3.42. The number of terminal acetylenes is 1. The summed E-state index contributed by atoms with van der Waals surface area (Å²) in [6, 6.07) is 10.7. The van der Waals surface area contributed by atoms with Gasteiger partial charge in [-0.3, -0.25) is 0 Å². The van der Waals surface area contributed by atoms with E-state index in [1.165, 1.54) is 6.08 Å². The maximum absolute atomic E-state index is 12.1. The van der Waals surface area contributed by atoms with Crippen molar-refractivity contribution < 1.29 is 24.1 Å². The Labute approximate surface area is 210 Å². The van der Waals surface area contributed by atoms with Gasteiger partial charge >= 0.3 is 5.97 Å². The summed E-state index contributed by atoms with van der Waals surface area (Å²) in [5, 5.41) is 18.9. The van der Waals surface area contributed by atoms with Crippen LogP contribution in [0.3, 0.4) is 0 Å². The Kier molecular flexibility index (Phi) is 8.62. The third-order valence-corrected chi connectivity index (χ3v) is 6.11. The van der Waals surface area contributed by atoms with E-state index in [9.17, 15) is 9.90 Å². The largest absolute Gasteiger partial charge is 0.497 e. The normalized spacial score (nSPS) is 11.1. The molecular formula is C24H22BrN3O5S. The van der Waals surface area contributed by atoms with Gasteiger partial charge in [0.2, 0.25) is 0 Å². The Balaban J connectivity index is 2.02. The molecule has 0 amide bonds. The number of rotatable bonds is 10. The zero-order chi connectivity index (χ0) is 24.7. The van der Waals surface area contributed by atoms with Gasteiger partial charge in [0.15, 0.2) is 11.0 Å². The molecule has 1 heterocycles. The minimum atomic E-state index is -1.11. The molecule has 1 N–H and O–H groups in total. The van der Waals surface area contributed by atoms with E-state index in [0.717, 1.165) is 21.8 Å². The summed E-state index contributed by atoms with van der Waals surface area (Å²) in [6.07, 6.45) is 6.82. The van der Waals surface area contributed by atoms with E-state index >= 15 is 0 Å². The summed E-state index contributed by atoms with van der Waals surface area (Å²) in [7, 11) is 3.13. The predicted molar refractivity (Wildman–Crippen MR) is 134 cm³/mol. The number of hydrogen-bond donors (Lipinski definition) is 1. The van der Waals surface area contributed by atoms with Crippen molar-refractivity contribution in [3.05, 3.63) is 51.3 Å². The smallest absolute Gasteiger partial charge is 0.342 e. The van der Waals surface area contributed by atoms with Gasteiger partial charge in [0.25, 0.3) is 0 Å². The van der Waals surface area contributed by atoms with E-state index in [1.54, 1.807) is 38.5 Å². The van der Waals surface area contributed by atoms with E-state index in [2.05, 4.69) is 32.0 Å². The molecule has 10 heteroatoms. The van der Waals surface area contributed by atoms with Crippen LogP contribution < -0.4 is 14.2 Å². The molecular weight excluding hydrogens is 522 g/mol. The van der Waals surface area contributed by atoms with Gasteiger partial charge in [0.1, 0.15) is 28.8 Å².